The van der Waals surface area contributed by atoms with E-state index in [1.807, 2.05) is 30.9 Å². The maximum absolute atomic E-state index is 12.5. The summed E-state index contributed by atoms with van der Waals surface area (Å²) in [6.45, 7) is 5.29. The van der Waals surface area contributed by atoms with Crippen LogP contribution in [0.2, 0.25) is 0 Å². The van der Waals surface area contributed by atoms with E-state index in [9.17, 15) is 4.79 Å². The van der Waals surface area contributed by atoms with Crippen LogP contribution in [0.4, 0.5) is 0 Å². The van der Waals surface area contributed by atoms with Gasteiger partial charge in [-0.05, 0) is 38.0 Å². The van der Waals surface area contributed by atoms with Crippen LogP contribution in [0.1, 0.15) is 25.8 Å². The second-order valence-corrected chi connectivity index (χ2v) is 6.09. The standard InChI is InChI=1S/C18H27NO5/c1-12-10-19(11-13(2)24-12)17(20)7-6-14-8-15(21-3)18(23-5)16(9-14)22-4/h8-9,12-13H,6-7,10-11H2,1-5H3/t12-,13-/m1/s1. The van der Waals surface area contributed by atoms with E-state index in [0.717, 1.165) is 5.56 Å². The van der Waals surface area contributed by atoms with Crippen LogP contribution in [-0.2, 0) is 16.0 Å². The van der Waals surface area contributed by atoms with Crippen LogP contribution in [0.3, 0.4) is 0 Å². The lowest BCUT2D eigenvalue weighted by Gasteiger charge is -2.35. The average molecular weight is 337 g/mol. The van der Waals surface area contributed by atoms with Crippen molar-refractivity contribution in [2.45, 2.75) is 38.9 Å². The molecule has 0 aromatic heterocycles. The Morgan fingerprint density at radius 3 is 2.08 bits per heavy atom. The predicted octanol–water partition coefficient (Wildman–Crippen LogP) is 2.28. The summed E-state index contributed by atoms with van der Waals surface area (Å²) >= 11 is 0. The van der Waals surface area contributed by atoms with Gasteiger partial charge in [0.15, 0.2) is 11.5 Å². The Hall–Kier alpha value is -1.95. The van der Waals surface area contributed by atoms with Crippen LogP contribution >= 0.6 is 0 Å². The summed E-state index contributed by atoms with van der Waals surface area (Å²) in [4.78, 5) is 14.4. The molecule has 0 saturated carbocycles. The highest BCUT2D eigenvalue weighted by Gasteiger charge is 2.25. The van der Waals surface area contributed by atoms with E-state index in [2.05, 4.69) is 0 Å². The molecule has 0 bridgehead atoms. The van der Waals surface area contributed by atoms with Crippen molar-refractivity contribution in [3.63, 3.8) is 0 Å². The van der Waals surface area contributed by atoms with E-state index in [1.54, 1.807) is 21.3 Å². The number of carbonyl (C=O) groups is 1. The molecule has 0 aliphatic carbocycles. The molecule has 0 spiro atoms. The number of nitrogens with zero attached hydrogens (tertiary/aromatic N) is 1. The molecule has 1 amide bonds. The van der Waals surface area contributed by atoms with Crippen molar-refractivity contribution in [1.29, 1.82) is 0 Å². The van der Waals surface area contributed by atoms with Gasteiger partial charge < -0.3 is 23.8 Å². The molecule has 1 aromatic carbocycles. The average Bonchev–Trinajstić information content (AvgIpc) is 2.57. The molecule has 6 heteroatoms. The molecule has 134 valence electrons. The Balaban J connectivity index is 2.04. The third-order valence-electron chi connectivity index (χ3n) is 4.12. The van der Waals surface area contributed by atoms with Crippen LogP contribution in [0.15, 0.2) is 12.1 Å². The fourth-order valence-corrected chi connectivity index (χ4v) is 3.07. The molecule has 6 nitrogen and oxygen atoms in total. The second-order valence-electron chi connectivity index (χ2n) is 6.09. The van der Waals surface area contributed by atoms with Crippen molar-refractivity contribution in [2.24, 2.45) is 0 Å². The first-order valence-electron chi connectivity index (χ1n) is 8.20. The van der Waals surface area contributed by atoms with E-state index in [4.69, 9.17) is 18.9 Å². The van der Waals surface area contributed by atoms with Crippen LogP contribution in [0, 0.1) is 0 Å². The van der Waals surface area contributed by atoms with Crippen molar-refractivity contribution < 1.29 is 23.7 Å². The topological polar surface area (TPSA) is 57.2 Å². The third-order valence-corrected chi connectivity index (χ3v) is 4.12. The minimum Gasteiger partial charge on any atom is -0.493 e. The maximum Gasteiger partial charge on any atom is 0.223 e. The molecule has 24 heavy (non-hydrogen) atoms. The molecular formula is C18H27NO5. The van der Waals surface area contributed by atoms with Gasteiger partial charge in [0.05, 0.1) is 33.5 Å². The summed E-state index contributed by atoms with van der Waals surface area (Å²) in [7, 11) is 4.75. The number of morpholine rings is 1. The summed E-state index contributed by atoms with van der Waals surface area (Å²) in [6, 6.07) is 3.78. The number of carbonyl (C=O) groups excluding carboxylic acids is 1. The Labute approximate surface area is 143 Å². The van der Waals surface area contributed by atoms with Crippen molar-refractivity contribution in [2.75, 3.05) is 34.4 Å². The fourth-order valence-electron chi connectivity index (χ4n) is 3.07. The van der Waals surface area contributed by atoms with Crippen molar-refractivity contribution in [1.82, 2.24) is 4.90 Å². The normalized spacial score (nSPS) is 20.6. The van der Waals surface area contributed by atoms with Crippen LogP contribution in [0.25, 0.3) is 0 Å². The highest BCUT2D eigenvalue weighted by molar-refractivity contribution is 5.76. The van der Waals surface area contributed by atoms with Gasteiger partial charge in [-0.25, -0.2) is 0 Å². The van der Waals surface area contributed by atoms with Gasteiger partial charge in [-0.15, -0.1) is 0 Å². The highest BCUT2D eigenvalue weighted by atomic mass is 16.5. The Morgan fingerprint density at radius 1 is 1.08 bits per heavy atom. The number of amides is 1. The summed E-state index contributed by atoms with van der Waals surface area (Å²) in [6.07, 6.45) is 1.23. The molecule has 1 heterocycles. The van der Waals surface area contributed by atoms with E-state index >= 15 is 0 Å². The zero-order valence-electron chi connectivity index (χ0n) is 15.1. The largest absolute Gasteiger partial charge is 0.493 e. The van der Waals surface area contributed by atoms with E-state index < -0.39 is 0 Å². The molecule has 2 atom stereocenters. The van der Waals surface area contributed by atoms with Gasteiger partial charge in [0, 0.05) is 19.5 Å². The smallest absolute Gasteiger partial charge is 0.223 e. The van der Waals surface area contributed by atoms with Gasteiger partial charge in [-0.1, -0.05) is 0 Å². The number of hydrogen-bond acceptors (Lipinski definition) is 5. The van der Waals surface area contributed by atoms with Gasteiger partial charge in [-0.2, -0.15) is 0 Å². The quantitative estimate of drug-likeness (QED) is 0.797. The molecule has 0 N–H and O–H groups in total. The molecule has 1 fully saturated rings. The molecular weight excluding hydrogens is 310 g/mol. The Morgan fingerprint density at radius 2 is 1.62 bits per heavy atom. The van der Waals surface area contributed by atoms with Crippen LogP contribution in [-0.4, -0.2) is 57.4 Å². The Bertz CT molecular complexity index is 540. The summed E-state index contributed by atoms with van der Waals surface area (Å²) < 4.78 is 21.7. The molecule has 1 aliphatic rings. The SMILES string of the molecule is COc1cc(CCC(=O)N2C[C@@H](C)O[C@H](C)C2)cc(OC)c1OC. The van der Waals surface area contributed by atoms with E-state index in [0.29, 0.717) is 43.2 Å². The fraction of sp³-hybridized carbons (Fsp3) is 0.611. The lowest BCUT2D eigenvalue weighted by molar-refractivity contribution is -0.143. The number of methoxy groups -OCH3 is 3. The lowest BCUT2D eigenvalue weighted by Crippen LogP contribution is -2.48. The van der Waals surface area contributed by atoms with Gasteiger partial charge in [0.1, 0.15) is 0 Å². The van der Waals surface area contributed by atoms with Crippen LogP contribution in [0.5, 0.6) is 17.2 Å². The molecule has 0 radical (unpaired) electrons. The molecule has 0 unspecified atom stereocenters. The number of ether oxygens (including phenoxy) is 4. The first kappa shape index (κ1) is 18.4. The number of aryl methyl sites for hydroxylation is 1. The first-order chi connectivity index (χ1) is 11.5. The molecule has 2 rings (SSSR count). The molecule has 1 aliphatic heterocycles. The molecule has 1 saturated heterocycles. The monoisotopic (exact) mass is 337 g/mol. The third kappa shape index (κ3) is 4.32. The zero-order chi connectivity index (χ0) is 17.7. The van der Waals surface area contributed by atoms with E-state index in [1.165, 1.54) is 0 Å². The van der Waals surface area contributed by atoms with Gasteiger partial charge in [-0.3, -0.25) is 4.79 Å². The summed E-state index contributed by atoms with van der Waals surface area (Å²) in [5.41, 5.74) is 0.979. The zero-order valence-corrected chi connectivity index (χ0v) is 15.1. The number of rotatable bonds is 6. The number of hydrogen-bond donors (Lipinski definition) is 0. The minimum atomic E-state index is 0.0823. The van der Waals surface area contributed by atoms with Crippen molar-refractivity contribution in [3.05, 3.63) is 17.7 Å². The van der Waals surface area contributed by atoms with Crippen molar-refractivity contribution >= 4 is 5.91 Å². The Kier molecular flexibility index (Phi) is 6.31. The van der Waals surface area contributed by atoms with Gasteiger partial charge >= 0.3 is 0 Å². The predicted molar refractivity (Wildman–Crippen MR) is 91.0 cm³/mol. The maximum atomic E-state index is 12.5. The lowest BCUT2D eigenvalue weighted by atomic mass is 10.1. The van der Waals surface area contributed by atoms with Gasteiger partial charge in [0.25, 0.3) is 0 Å². The highest BCUT2D eigenvalue weighted by Crippen LogP contribution is 2.38. The summed E-state index contributed by atoms with van der Waals surface area (Å²) in [5.74, 6) is 1.91. The molecule has 1 aromatic rings. The first-order valence-corrected chi connectivity index (χ1v) is 8.20. The van der Waals surface area contributed by atoms with Gasteiger partial charge in [0.2, 0.25) is 11.7 Å². The van der Waals surface area contributed by atoms with Crippen molar-refractivity contribution in [3.8, 4) is 17.2 Å². The second kappa shape index (κ2) is 8.24. The summed E-state index contributed by atoms with van der Waals surface area (Å²) in [5, 5.41) is 0. The minimum absolute atomic E-state index is 0.0823. The number of benzene rings is 1. The van der Waals surface area contributed by atoms with Crippen LogP contribution < -0.4 is 14.2 Å². The van der Waals surface area contributed by atoms with E-state index in [-0.39, 0.29) is 18.1 Å².